The van der Waals surface area contributed by atoms with Crippen LogP contribution in [0.15, 0.2) is 59.1 Å². The van der Waals surface area contributed by atoms with Crippen LogP contribution in [-0.2, 0) is 19.5 Å². The molecular formula is C19H19N3O. The summed E-state index contributed by atoms with van der Waals surface area (Å²) in [4.78, 5) is 2.39. The van der Waals surface area contributed by atoms with E-state index in [2.05, 4.69) is 34.3 Å². The normalized spacial score (nSPS) is 14.6. The largest absolute Gasteiger partial charge is 0.367 e. The van der Waals surface area contributed by atoms with Gasteiger partial charge < -0.3 is 10.3 Å². The molecule has 2 N–H and O–H groups in total. The molecule has 0 radical (unpaired) electrons. The first-order valence-electron chi connectivity index (χ1n) is 7.90. The van der Waals surface area contributed by atoms with Gasteiger partial charge >= 0.3 is 0 Å². The number of hydrogen-bond acceptors (Lipinski definition) is 4. The smallest absolute Gasteiger partial charge is 0.230 e. The Morgan fingerprint density at radius 2 is 1.74 bits per heavy atom. The Balaban J connectivity index is 1.59. The van der Waals surface area contributed by atoms with Crippen LogP contribution in [0.4, 0.5) is 5.88 Å². The molecule has 1 aliphatic rings. The van der Waals surface area contributed by atoms with Gasteiger partial charge in [0.25, 0.3) is 0 Å². The molecule has 0 saturated heterocycles. The van der Waals surface area contributed by atoms with Crippen molar-refractivity contribution >= 4 is 5.88 Å². The molecule has 0 bridgehead atoms. The van der Waals surface area contributed by atoms with Gasteiger partial charge in [0, 0.05) is 19.6 Å². The Labute approximate surface area is 135 Å². The van der Waals surface area contributed by atoms with E-state index in [1.807, 2.05) is 30.3 Å². The number of nitrogens with two attached hydrogens (primary N) is 1. The maximum Gasteiger partial charge on any atom is 0.230 e. The fourth-order valence-corrected chi connectivity index (χ4v) is 3.26. The predicted octanol–water partition coefficient (Wildman–Crippen LogP) is 3.48. The van der Waals surface area contributed by atoms with Gasteiger partial charge in [-0.3, -0.25) is 4.90 Å². The van der Waals surface area contributed by atoms with E-state index in [-0.39, 0.29) is 0 Å². The molecule has 4 heteroatoms. The SMILES string of the molecule is Nc1onc(CN2CCc3ccccc3C2)c1-c1ccccc1. The van der Waals surface area contributed by atoms with E-state index in [0.29, 0.717) is 5.88 Å². The lowest BCUT2D eigenvalue weighted by Crippen LogP contribution is -2.30. The molecule has 4 rings (SSSR count). The van der Waals surface area contributed by atoms with Gasteiger partial charge in [0.15, 0.2) is 0 Å². The summed E-state index contributed by atoms with van der Waals surface area (Å²) in [6.45, 7) is 2.72. The Morgan fingerprint density at radius 3 is 2.57 bits per heavy atom. The average Bonchev–Trinajstić information content (AvgIpc) is 2.96. The molecule has 2 aromatic carbocycles. The quantitative estimate of drug-likeness (QED) is 0.805. The van der Waals surface area contributed by atoms with Gasteiger partial charge in [0.2, 0.25) is 5.88 Å². The Morgan fingerprint density at radius 1 is 1.00 bits per heavy atom. The monoisotopic (exact) mass is 305 g/mol. The first-order valence-corrected chi connectivity index (χ1v) is 7.90. The van der Waals surface area contributed by atoms with Crippen LogP contribution < -0.4 is 5.73 Å². The van der Waals surface area contributed by atoms with Crippen LogP contribution in [0.2, 0.25) is 0 Å². The van der Waals surface area contributed by atoms with Crippen molar-refractivity contribution in [2.45, 2.75) is 19.5 Å². The number of benzene rings is 2. The third-order valence-corrected chi connectivity index (χ3v) is 4.43. The lowest BCUT2D eigenvalue weighted by Gasteiger charge is -2.28. The summed E-state index contributed by atoms with van der Waals surface area (Å²) in [6.07, 6.45) is 1.07. The summed E-state index contributed by atoms with van der Waals surface area (Å²) in [5.74, 6) is 0.392. The van der Waals surface area contributed by atoms with Crippen molar-refractivity contribution in [2.24, 2.45) is 0 Å². The number of fused-ring (bicyclic) bond motifs is 1. The summed E-state index contributed by atoms with van der Waals surface area (Å²) >= 11 is 0. The van der Waals surface area contributed by atoms with Crippen molar-refractivity contribution in [1.82, 2.24) is 10.1 Å². The van der Waals surface area contributed by atoms with Gasteiger partial charge in [-0.05, 0) is 23.1 Å². The van der Waals surface area contributed by atoms with Crippen LogP contribution in [0.5, 0.6) is 0 Å². The minimum Gasteiger partial charge on any atom is -0.367 e. The molecule has 3 aromatic rings. The summed E-state index contributed by atoms with van der Waals surface area (Å²) in [5.41, 5.74) is 11.7. The van der Waals surface area contributed by atoms with Crippen molar-refractivity contribution in [3.05, 3.63) is 71.4 Å². The molecule has 0 fully saturated rings. The molecular weight excluding hydrogens is 286 g/mol. The highest BCUT2D eigenvalue weighted by Gasteiger charge is 2.21. The van der Waals surface area contributed by atoms with Gasteiger partial charge in [-0.25, -0.2) is 0 Å². The molecule has 0 aliphatic carbocycles. The summed E-state index contributed by atoms with van der Waals surface area (Å²) in [7, 11) is 0. The number of hydrogen-bond donors (Lipinski definition) is 1. The van der Waals surface area contributed by atoms with E-state index in [1.54, 1.807) is 0 Å². The van der Waals surface area contributed by atoms with E-state index in [1.165, 1.54) is 11.1 Å². The second kappa shape index (κ2) is 5.89. The zero-order valence-corrected chi connectivity index (χ0v) is 12.9. The molecule has 0 unspecified atom stereocenters. The molecule has 0 spiro atoms. The third kappa shape index (κ3) is 2.73. The lowest BCUT2D eigenvalue weighted by molar-refractivity contribution is 0.238. The fraction of sp³-hybridized carbons (Fsp3) is 0.211. The van der Waals surface area contributed by atoms with Crippen molar-refractivity contribution in [1.29, 1.82) is 0 Å². The van der Waals surface area contributed by atoms with Crippen LogP contribution >= 0.6 is 0 Å². The van der Waals surface area contributed by atoms with Crippen LogP contribution in [-0.4, -0.2) is 16.6 Å². The van der Waals surface area contributed by atoms with Gasteiger partial charge in [-0.1, -0.05) is 59.8 Å². The van der Waals surface area contributed by atoms with Crippen molar-refractivity contribution in [3.8, 4) is 11.1 Å². The minimum absolute atomic E-state index is 0.392. The van der Waals surface area contributed by atoms with Crippen molar-refractivity contribution in [2.75, 3.05) is 12.3 Å². The summed E-state index contributed by atoms with van der Waals surface area (Å²) in [6, 6.07) is 18.7. The van der Waals surface area contributed by atoms with Crippen LogP contribution in [0.1, 0.15) is 16.8 Å². The number of rotatable bonds is 3. The highest BCUT2D eigenvalue weighted by Crippen LogP contribution is 2.31. The number of nitrogen functional groups attached to an aromatic ring is 1. The second-order valence-corrected chi connectivity index (χ2v) is 5.96. The maximum atomic E-state index is 6.01. The van der Waals surface area contributed by atoms with Crippen LogP contribution in [0.25, 0.3) is 11.1 Å². The van der Waals surface area contributed by atoms with Gasteiger partial charge in [-0.15, -0.1) is 0 Å². The summed E-state index contributed by atoms with van der Waals surface area (Å²) < 4.78 is 5.26. The van der Waals surface area contributed by atoms with Crippen LogP contribution in [0, 0.1) is 0 Å². The molecule has 116 valence electrons. The predicted molar refractivity (Wildman–Crippen MR) is 90.6 cm³/mol. The third-order valence-electron chi connectivity index (χ3n) is 4.43. The van der Waals surface area contributed by atoms with Gasteiger partial charge in [0.05, 0.1) is 5.56 Å². The zero-order chi connectivity index (χ0) is 15.6. The van der Waals surface area contributed by atoms with E-state index >= 15 is 0 Å². The molecule has 2 heterocycles. The Bertz CT molecular complexity index is 810. The average molecular weight is 305 g/mol. The Kier molecular flexibility index (Phi) is 3.60. The first kappa shape index (κ1) is 14.0. The molecule has 0 amide bonds. The highest BCUT2D eigenvalue weighted by molar-refractivity contribution is 5.74. The topological polar surface area (TPSA) is 55.3 Å². The van der Waals surface area contributed by atoms with Crippen molar-refractivity contribution in [3.63, 3.8) is 0 Å². The minimum atomic E-state index is 0.392. The van der Waals surface area contributed by atoms with E-state index < -0.39 is 0 Å². The van der Waals surface area contributed by atoms with E-state index in [0.717, 1.165) is 42.9 Å². The molecule has 1 aromatic heterocycles. The maximum absolute atomic E-state index is 6.01. The number of anilines is 1. The van der Waals surface area contributed by atoms with Crippen molar-refractivity contribution < 1.29 is 4.52 Å². The van der Waals surface area contributed by atoms with Crippen LogP contribution in [0.3, 0.4) is 0 Å². The fourth-order valence-electron chi connectivity index (χ4n) is 3.26. The second-order valence-electron chi connectivity index (χ2n) is 5.96. The summed E-state index contributed by atoms with van der Waals surface area (Å²) in [5, 5.41) is 4.20. The standard InChI is InChI=1S/C19H19N3O/c20-19-18(15-7-2-1-3-8-15)17(21-23-19)13-22-11-10-14-6-4-5-9-16(14)12-22/h1-9H,10-13,20H2. The molecule has 0 atom stereocenters. The molecule has 0 saturated carbocycles. The van der Waals surface area contributed by atoms with Gasteiger partial charge in [-0.2, -0.15) is 0 Å². The molecule has 23 heavy (non-hydrogen) atoms. The highest BCUT2D eigenvalue weighted by atomic mass is 16.5. The zero-order valence-electron chi connectivity index (χ0n) is 12.9. The number of aromatic nitrogens is 1. The van der Waals surface area contributed by atoms with E-state index in [9.17, 15) is 0 Å². The first-order chi connectivity index (χ1) is 11.3. The molecule has 1 aliphatic heterocycles. The van der Waals surface area contributed by atoms with Gasteiger partial charge in [0.1, 0.15) is 5.69 Å². The lowest BCUT2D eigenvalue weighted by atomic mass is 9.99. The van der Waals surface area contributed by atoms with E-state index in [4.69, 9.17) is 10.3 Å². The molecule has 4 nitrogen and oxygen atoms in total. The Hall–Kier alpha value is -2.59. The number of nitrogens with zero attached hydrogens (tertiary/aromatic N) is 2.